The van der Waals surface area contributed by atoms with Gasteiger partial charge in [-0.05, 0) is 5.41 Å². The lowest BCUT2D eigenvalue weighted by molar-refractivity contribution is 0.324. The summed E-state index contributed by atoms with van der Waals surface area (Å²) in [6.07, 6.45) is 20.1. The van der Waals surface area contributed by atoms with Gasteiger partial charge < -0.3 is 0 Å². The quantitative estimate of drug-likeness (QED) is 0.458. The average Bonchev–Trinajstić information content (AvgIpc) is 2.51. The summed E-state index contributed by atoms with van der Waals surface area (Å²) in [5, 5.41) is 0.616. The van der Waals surface area contributed by atoms with E-state index in [1.165, 1.54) is 32.1 Å². The predicted molar refractivity (Wildman–Crippen MR) is 114 cm³/mol. The summed E-state index contributed by atoms with van der Waals surface area (Å²) in [5.41, 5.74) is 0.478. The van der Waals surface area contributed by atoms with Gasteiger partial charge in [0.1, 0.15) is 13.4 Å². The molecule has 140 valence electrons. The molecule has 0 nitrogen and oxygen atoms in total. The fourth-order valence-electron chi connectivity index (χ4n) is 9.11. The summed E-state index contributed by atoms with van der Waals surface area (Å²) in [6, 6.07) is 0. The largest absolute Gasteiger partial charge is 0.145 e. The lowest BCUT2D eigenvalue weighted by atomic mass is 9.01. The first-order chi connectivity index (χ1) is 11.9. The van der Waals surface area contributed by atoms with Crippen molar-refractivity contribution in [2.75, 3.05) is 0 Å². The Hall–Kier alpha value is 0.130. The maximum atomic E-state index is 2.82. The van der Waals surface area contributed by atoms with Crippen molar-refractivity contribution in [1.29, 1.82) is 0 Å². The molecule has 0 N–H and O–H groups in total. The van der Waals surface area contributed by atoms with Crippen LogP contribution in [0.15, 0.2) is 0 Å². The normalized spacial score (nSPS) is 38.4. The lowest BCUT2D eigenvalue weighted by Crippen LogP contribution is -2.56. The zero-order valence-electron chi connectivity index (χ0n) is 17.7. The fraction of sp³-hybridized carbons (Fsp3) is 1.00. The highest BCUT2D eigenvalue weighted by Crippen LogP contribution is 2.65. The van der Waals surface area contributed by atoms with Crippen molar-refractivity contribution >= 4 is 13.4 Å². The second-order valence-electron chi connectivity index (χ2n) is 12.1. The van der Waals surface area contributed by atoms with E-state index in [1.807, 2.05) is 0 Å². The molecule has 2 heteroatoms. The van der Waals surface area contributed by atoms with Gasteiger partial charge in [-0.15, -0.1) is 0 Å². The Labute approximate surface area is 158 Å². The minimum absolute atomic E-state index is 0.478. The molecule has 0 aliphatic carbocycles. The van der Waals surface area contributed by atoms with Crippen molar-refractivity contribution in [2.24, 2.45) is 5.41 Å². The molecule has 0 atom stereocenters. The fourth-order valence-corrected chi connectivity index (χ4v) is 9.11. The monoisotopic (exact) mass is 340 g/mol. The Kier molecular flexibility index (Phi) is 5.13. The summed E-state index contributed by atoms with van der Waals surface area (Å²) >= 11 is 0. The molecular formula is C23H42B2. The van der Waals surface area contributed by atoms with Gasteiger partial charge in [-0.1, -0.05) is 140 Å². The molecule has 4 rings (SSSR count). The molecule has 4 saturated heterocycles. The van der Waals surface area contributed by atoms with Crippen LogP contribution < -0.4 is 0 Å². The summed E-state index contributed by atoms with van der Waals surface area (Å²) in [4.78, 5) is 0. The van der Waals surface area contributed by atoms with Gasteiger partial charge in [0.2, 0.25) is 0 Å². The van der Waals surface area contributed by atoms with Crippen LogP contribution in [0.1, 0.15) is 111 Å². The van der Waals surface area contributed by atoms with Crippen LogP contribution in [0.3, 0.4) is 0 Å². The van der Waals surface area contributed by atoms with Crippen molar-refractivity contribution < 1.29 is 0 Å². The van der Waals surface area contributed by atoms with Crippen LogP contribution in [0.25, 0.3) is 0 Å². The van der Waals surface area contributed by atoms with Crippen molar-refractivity contribution in [3.8, 4) is 0 Å². The molecule has 4 aliphatic heterocycles. The molecular weight excluding hydrogens is 298 g/mol. The van der Waals surface area contributed by atoms with E-state index in [0.29, 0.717) is 10.6 Å². The highest BCUT2D eigenvalue weighted by atomic mass is 14.4. The highest BCUT2D eigenvalue weighted by molar-refractivity contribution is 6.85. The minimum Gasteiger partial charge on any atom is -0.0726 e. The first-order valence-corrected chi connectivity index (χ1v) is 11.9. The van der Waals surface area contributed by atoms with Crippen LogP contribution in [-0.4, -0.2) is 13.4 Å². The number of hydrogen-bond acceptors (Lipinski definition) is 0. The van der Waals surface area contributed by atoms with Crippen LogP contribution in [0.2, 0.25) is 28.5 Å². The van der Waals surface area contributed by atoms with Crippen LogP contribution >= 0.6 is 0 Å². The van der Waals surface area contributed by atoms with Gasteiger partial charge in [-0.2, -0.15) is 0 Å². The molecule has 0 unspecified atom stereocenters. The van der Waals surface area contributed by atoms with E-state index in [2.05, 4.69) is 27.7 Å². The maximum absolute atomic E-state index is 2.82. The topological polar surface area (TPSA) is 0 Å². The van der Waals surface area contributed by atoms with Gasteiger partial charge in [-0.3, -0.25) is 0 Å². The Balaban J connectivity index is 1.71. The van der Waals surface area contributed by atoms with Crippen LogP contribution in [0, 0.1) is 5.41 Å². The Morgan fingerprint density at radius 1 is 0.560 bits per heavy atom. The number of hydrogen-bond donors (Lipinski definition) is 0. The molecule has 4 aliphatic rings. The number of rotatable bonds is 3. The van der Waals surface area contributed by atoms with Gasteiger partial charge in [-0.25, -0.2) is 0 Å². The van der Waals surface area contributed by atoms with E-state index in [0.717, 1.165) is 36.7 Å². The van der Waals surface area contributed by atoms with Crippen molar-refractivity contribution in [2.45, 2.75) is 140 Å². The molecule has 4 fully saturated rings. The molecule has 0 saturated carbocycles. The van der Waals surface area contributed by atoms with Crippen LogP contribution in [0.5, 0.6) is 0 Å². The summed E-state index contributed by atoms with van der Waals surface area (Å²) < 4.78 is 0. The first kappa shape index (κ1) is 18.5. The molecule has 0 radical (unpaired) electrons. The zero-order valence-corrected chi connectivity index (χ0v) is 17.7. The highest BCUT2D eigenvalue weighted by Gasteiger charge is 2.59. The molecule has 4 heterocycles. The van der Waals surface area contributed by atoms with Gasteiger partial charge >= 0.3 is 0 Å². The van der Waals surface area contributed by atoms with Crippen molar-refractivity contribution in [1.82, 2.24) is 0 Å². The third-order valence-corrected chi connectivity index (χ3v) is 9.06. The maximum Gasteiger partial charge on any atom is 0.145 e. The van der Waals surface area contributed by atoms with Gasteiger partial charge in [0.15, 0.2) is 0 Å². The van der Waals surface area contributed by atoms with Crippen molar-refractivity contribution in [3.63, 3.8) is 0 Å². The van der Waals surface area contributed by atoms with Gasteiger partial charge in [0.25, 0.3) is 0 Å². The van der Waals surface area contributed by atoms with E-state index in [1.54, 1.807) is 51.4 Å². The molecule has 0 aromatic rings. The summed E-state index contributed by atoms with van der Waals surface area (Å²) in [5.74, 6) is 4.29. The van der Waals surface area contributed by atoms with E-state index >= 15 is 0 Å². The van der Waals surface area contributed by atoms with Gasteiger partial charge in [0.05, 0.1) is 0 Å². The zero-order chi connectivity index (χ0) is 17.7. The second kappa shape index (κ2) is 6.94. The van der Waals surface area contributed by atoms with E-state index in [9.17, 15) is 0 Å². The molecule has 4 bridgehead atoms. The average molecular weight is 340 g/mol. The third kappa shape index (κ3) is 3.50. The van der Waals surface area contributed by atoms with Crippen LogP contribution in [-0.2, 0) is 0 Å². The number of fused-ring (bicyclic) bond motifs is 4. The molecule has 0 amide bonds. The molecule has 0 aromatic carbocycles. The molecule has 0 aromatic heterocycles. The SMILES string of the molecule is CC(C)(C)CC(C)(B1C2CCCC1CCC2)B1C2CCCC1CCC2. The second-order valence-corrected chi connectivity index (χ2v) is 12.1. The third-order valence-electron chi connectivity index (χ3n) is 9.06. The van der Waals surface area contributed by atoms with Crippen molar-refractivity contribution in [3.05, 3.63) is 0 Å². The Morgan fingerprint density at radius 3 is 1.08 bits per heavy atom. The summed E-state index contributed by atoms with van der Waals surface area (Å²) in [6.45, 7) is 12.5. The summed E-state index contributed by atoms with van der Waals surface area (Å²) in [7, 11) is 0. The standard InChI is InChI=1S/C23H42B2/c1-22(2,3)17-23(4,24-18-9-5-10-19(24)12-6-11-18)25-20-13-7-14-21(25)16-8-15-20/h18-21H,5-17H2,1-4H3. The predicted octanol–water partition coefficient (Wildman–Crippen LogP) is 7.93. The molecule has 25 heavy (non-hydrogen) atoms. The van der Waals surface area contributed by atoms with E-state index in [4.69, 9.17) is 0 Å². The Morgan fingerprint density at radius 2 is 0.840 bits per heavy atom. The first-order valence-electron chi connectivity index (χ1n) is 11.9. The van der Waals surface area contributed by atoms with Crippen LogP contribution in [0.4, 0.5) is 0 Å². The molecule has 0 spiro atoms. The Bertz CT molecular complexity index is 389. The van der Waals surface area contributed by atoms with E-state index < -0.39 is 0 Å². The minimum atomic E-state index is 0.478. The van der Waals surface area contributed by atoms with E-state index in [-0.39, 0.29) is 0 Å². The van der Waals surface area contributed by atoms with Gasteiger partial charge in [0, 0.05) is 0 Å². The smallest absolute Gasteiger partial charge is 0.0726 e. The lowest BCUT2D eigenvalue weighted by Gasteiger charge is -2.59.